The number of carbonyl (C=O) groups is 2. The van der Waals surface area contributed by atoms with Gasteiger partial charge in [0, 0.05) is 29.6 Å². The molecule has 0 spiro atoms. The number of benzene rings is 1. The quantitative estimate of drug-likeness (QED) is 0.359. The second-order valence-electron chi connectivity index (χ2n) is 7.28. The van der Waals surface area contributed by atoms with Gasteiger partial charge in [0.15, 0.2) is 12.4 Å². The van der Waals surface area contributed by atoms with Crippen LogP contribution in [0, 0.1) is 6.92 Å². The Kier molecular flexibility index (Phi) is 5.49. The highest BCUT2D eigenvalue weighted by atomic mass is 16.5. The average Bonchev–Trinajstić information content (AvgIpc) is 3.04. The van der Waals surface area contributed by atoms with E-state index in [0.717, 1.165) is 11.1 Å². The van der Waals surface area contributed by atoms with Crippen LogP contribution in [0.1, 0.15) is 28.3 Å². The molecule has 4 rings (SSSR count). The monoisotopic (exact) mass is 415 g/mol. The lowest BCUT2D eigenvalue weighted by Crippen LogP contribution is -2.29. The maximum absolute atomic E-state index is 13.4. The van der Waals surface area contributed by atoms with Crippen molar-refractivity contribution in [3.8, 4) is 5.75 Å². The third-order valence-corrected chi connectivity index (χ3v) is 5.33. The van der Waals surface area contributed by atoms with E-state index in [1.54, 1.807) is 62.2 Å². The number of hydrogen-bond acceptors (Lipinski definition) is 5. The van der Waals surface area contributed by atoms with Gasteiger partial charge in [-0.3, -0.25) is 14.6 Å². The van der Waals surface area contributed by atoms with E-state index >= 15 is 0 Å². The van der Waals surface area contributed by atoms with Crippen LogP contribution in [0.3, 0.4) is 0 Å². The summed E-state index contributed by atoms with van der Waals surface area (Å²) in [6.45, 7) is 2.01. The van der Waals surface area contributed by atoms with Crippen molar-refractivity contribution < 1.29 is 24.4 Å². The van der Waals surface area contributed by atoms with Crippen LogP contribution in [0.25, 0.3) is 5.76 Å². The van der Waals surface area contributed by atoms with Gasteiger partial charge in [0.05, 0.1) is 19.7 Å². The highest BCUT2D eigenvalue weighted by molar-refractivity contribution is 6.46. The molecule has 156 valence electrons. The van der Waals surface area contributed by atoms with E-state index in [1.165, 1.54) is 4.90 Å². The zero-order valence-electron chi connectivity index (χ0n) is 17.2. The molecule has 1 saturated heterocycles. The second kappa shape index (κ2) is 8.39. The van der Waals surface area contributed by atoms with Crippen molar-refractivity contribution in [2.45, 2.75) is 19.5 Å². The molecule has 1 amide bonds. The maximum atomic E-state index is 13.4. The van der Waals surface area contributed by atoms with E-state index in [0.29, 0.717) is 16.9 Å². The summed E-state index contributed by atoms with van der Waals surface area (Å²) in [7, 11) is 1.55. The Labute approximate surface area is 179 Å². The number of ether oxygens (including phenoxy) is 1. The van der Waals surface area contributed by atoms with E-state index in [-0.39, 0.29) is 12.1 Å². The smallest absolute Gasteiger partial charge is 0.295 e. The van der Waals surface area contributed by atoms with Gasteiger partial charge in [-0.15, -0.1) is 0 Å². The van der Waals surface area contributed by atoms with E-state index in [4.69, 9.17) is 4.74 Å². The molecule has 7 nitrogen and oxygen atoms in total. The van der Waals surface area contributed by atoms with Gasteiger partial charge in [0.1, 0.15) is 5.75 Å². The van der Waals surface area contributed by atoms with Gasteiger partial charge in [-0.25, -0.2) is 4.98 Å². The number of ketones is 1. The third kappa shape index (κ3) is 3.77. The van der Waals surface area contributed by atoms with E-state index in [9.17, 15) is 14.7 Å². The highest BCUT2D eigenvalue weighted by Gasteiger charge is 2.44. The summed E-state index contributed by atoms with van der Waals surface area (Å²) in [6.07, 6.45) is 6.68. The number of methoxy groups -OCH3 is 1. The fraction of sp³-hybridized carbons (Fsp3) is 0.167. The summed E-state index contributed by atoms with van der Waals surface area (Å²) < 4.78 is 5.26. The predicted octanol–water partition coefficient (Wildman–Crippen LogP) is 1.64. The summed E-state index contributed by atoms with van der Waals surface area (Å²) in [5.74, 6) is -1.30. The SMILES string of the molecule is COc1ccc(/C([O-])=C2\C(=O)C(=O)N(Cc3ccc[nH+]c3)C2c2ccncc2)cc1C. The molecule has 3 aromatic rings. The van der Waals surface area contributed by atoms with E-state index in [2.05, 4.69) is 9.97 Å². The lowest BCUT2D eigenvalue weighted by molar-refractivity contribution is -0.378. The minimum absolute atomic E-state index is 0.0549. The molecule has 2 aromatic heterocycles. The first-order valence-corrected chi connectivity index (χ1v) is 9.77. The summed E-state index contributed by atoms with van der Waals surface area (Å²) in [4.78, 5) is 34.4. The summed E-state index contributed by atoms with van der Waals surface area (Å²) in [5, 5.41) is 13.4. The summed E-state index contributed by atoms with van der Waals surface area (Å²) in [5.41, 5.74) is 2.52. The molecular formula is C24H21N3O4. The van der Waals surface area contributed by atoms with Gasteiger partial charge in [-0.05, 0) is 53.9 Å². The molecule has 1 aliphatic heterocycles. The van der Waals surface area contributed by atoms with Crippen molar-refractivity contribution in [2.24, 2.45) is 0 Å². The van der Waals surface area contributed by atoms with Crippen LogP contribution in [-0.2, 0) is 16.1 Å². The first-order valence-electron chi connectivity index (χ1n) is 9.77. The molecule has 7 heteroatoms. The molecular weight excluding hydrogens is 394 g/mol. The Morgan fingerprint density at radius 1 is 1.19 bits per heavy atom. The predicted molar refractivity (Wildman–Crippen MR) is 110 cm³/mol. The molecule has 0 radical (unpaired) electrons. The zero-order valence-corrected chi connectivity index (χ0v) is 17.2. The fourth-order valence-electron chi connectivity index (χ4n) is 3.83. The molecule has 0 aliphatic carbocycles. The van der Waals surface area contributed by atoms with Crippen LogP contribution in [0.5, 0.6) is 5.75 Å². The average molecular weight is 415 g/mol. The molecule has 1 unspecified atom stereocenters. The highest BCUT2D eigenvalue weighted by Crippen LogP contribution is 2.39. The molecule has 1 fully saturated rings. The number of hydrogen-bond donors (Lipinski definition) is 0. The van der Waals surface area contributed by atoms with Gasteiger partial charge >= 0.3 is 0 Å². The van der Waals surface area contributed by atoms with Gasteiger partial charge < -0.3 is 14.7 Å². The van der Waals surface area contributed by atoms with Crippen molar-refractivity contribution >= 4 is 17.4 Å². The van der Waals surface area contributed by atoms with Crippen molar-refractivity contribution in [2.75, 3.05) is 7.11 Å². The molecule has 1 N–H and O–H groups in total. The van der Waals surface area contributed by atoms with E-state index < -0.39 is 23.5 Å². The number of rotatable bonds is 5. The standard InChI is InChI=1S/C24H21N3O4/c1-15-12-18(5-6-19(15)31-2)22(28)20-21(17-7-10-25-11-8-17)27(24(30)23(20)29)14-16-4-3-9-26-13-16/h3-13,21,28H,14H2,1-2H3/b22-20+. The van der Waals surface area contributed by atoms with Crippen LogP contribution < -0.4 is 14.8 Å². The maximum Gasteiger partial charge on any atom is 0.295 e. The third-order valence-electron chi connectivity index (χ3n) is 5.33. The second-order valence-corrected chi connectivity index (χ2v) is 7.28. The Bertz CT molecular complexity index is 1160. The van der Waals surface area contributed by atoms with Crippen molar-refractivity contribution in [1.29, 1.82) is 0 Å². The molecule has 0 saturated carbocycles. The van der Waals surface area contributed by atoms with Crippen LogP contribution >= 0.6 is 0 Å². The number of amides is 1. The number of nitrogens with zero attached hydrogens (tertiary/aromatic N) is 2. The Morgan fingerprint density at radius 2 is 1.97 bits per heavy atom. The van der Waals surface area contributed by atoms with Crippen molar-refractivity contribution in [1.82, 2.24) is 9.88 Å². The zero-order chi connectivity index (χ0) is 22.0. The number of H-pyrrole nitrogens is 1. The number of Topliss-reactive ketones (excluding diaryl/α,β-unsaturated/α-hetero) is 1. The lowest BCUT2D eigenvalue weighted by Gasteiger charge is -2.27. The molecule has 1 atom stereocenters. The molecule has 1 aromatic carbocycles. The minimum Gasteiger partial charge on any atom is -0.872 e. The number of carbonyl (C=O) groups excluding carboxylic acids is 2. The Morgan fingerprint density at radius 3 is 2.61 bits per heavy atom. The number of nitrogens with one attached hydrogen (secondary N) is 1. The van der Waals surface area contributed by atoms with Crippen LogP contribution in [0.15, 0.2) is 72.8 Å². The Balaban J connectivity index is 1.85. The number of likely N-dealkylation sites (tertiary alicyclic amines) is 1. The van der Waals surface area contributed by atoms with Crippen LogP contribution in [-0.4, -0.2) is 28.7 Å². The van der Waals surface area contributed by atoms with Crippen LogP contribution in [0.4, 0.5) is 0 Å². The van der Waals surface area contributed by atoms with Gasteiger partial charge in [0.25, 0.3) is 5.91 Å². The number of aromatic nitrogens is 2. The van der Waals surface area contributed by atoms with Gasteiger partial charge in [-0.2, -0.15) is 0 Å². The summed E-state index contributed by atoms with van der Waals surface area (Å²) in [6, 6.07) is 11.3. The number of aromatic amines is 1. The molecule has 1 aliphatic rings. The lowest BCUT2D eigenvalue weighted by atomic mass is 9.95. The number of pyridine rings is 2. The van der Waals surface area contributed by atoms with Crippen molar-refractivity contribution in [3.05, 3.63) is 95.1 Å². The van der Waals surface area contributed by atoms with Gasteiger partial charge in [-0.1, -0.05) is 11.8 Å². The molecule has 3 heterocycles. The van der Waals surface area contributed by atoms with Gasteiger partial charge in [0.2, 0.25) is 5.78 Å². The first-order chi connectivity index (χ1) is 15.0. The summed E-state index contributed by atoms with van der Waals surface area (Å²) >= 11 is 0. The largest absolute Gasteiger partial charge is 0.872 e. The molecule has 31 heavy (non-hydrogen) atoms. The van der Waals surface area contributed by atoms with Crippen LogP contribution in [0.2, 0.25) is 0 Å². The Hall–Kier alpha value is -4.00. The minimum atomic E-state index is -0.793. The first kappa shape index (κ1) is 20.3. The van der Waals surface area contributed by atoms with E-state index in [1.807, 2.05) is 19.1 Å². The normalized spacial score (nSPS) is 17.7. The number of aryl methyl sites for hydroxylation is 1. The molecule has 0 bridgehead atoms. The topological polar surface area (TPSA) is 96.7 Å². The fourth-order valence-corrected chi connectivity index (χ4v) is 3.83. The van der Waals surface area contributed by atoms with Crippen molar-refractivity contribution in [3.63, 3.8) is 0 Å².